The van der Waals surface area contributed by atoms with Gasteiger partial charge in [-0.25, -0.2) is 0 Å². The number of hydrogen-bond donors (Lipinski definition) is 2. The van der Waals surface area contributed by atoms with Gasteiger partial charge in [0.25, 0.3) is 0 Å². The van der Waals surface area contributed by atoms with Gasteiger partial charge in [0.2, 0.25) is 5.91 Å². The van der Waals surface area contributed by atoms with E-state index in [0.717, 1.165) is 11.1 Å². The number of furan rings is 1. The van der Waals surface area contributed by atoms with Crippen LogP contribution in [0.2, 0.25) is 0 Å². The second kappa shape index (κ2) is 7.66. The Balaban J connectivity index is 1.86. The highest BCUT2D eigenvalue weighted by atomic mass is 16.4. The second-order valence-electron chi connectivity index (χ2n) is 6.70. The molecule has 0 aliphatic rings. The standard InChI is InChI=1S/C20H25NO4/c1-13-5-6-14(2)16(11-13)17(22)8-10-19(23)21-12-20(4,24)18-9-7-15(3)25-18/h5-7,9,11,24H,8,10,12H2,1-4H3,(H,21,23). The molecule has 2 rings (SSSR count). The van der Waals surface area contributed by atoms with E-state index in [0.29, 0.717) is 17.1 Å². The first-order valence-corrected chi connectivity index (χ1v) is 8.35. The van der Waals surface area contributed by atoms with Crippen LogP contribution in [0.3, 0.4) is 0 Å². The number of carbonyl (C=O) groups is 2. The molecule has 1 atom stereocenters. The molecule has 134 valence electrons. The number of aliphatic hydroxyl groups is 1. The van der Waals surface area contributed by atoms with Gasteiger partial charge in [0.05, 0.1) is 6.54 Å². The Morgan fingerprint density at radius 2 is 1.84 bits per heavy atom. The van der Waals surface area contributed by atoms with Gasteiger partial charge in [-0.05, 0) is 51.5 Å². The molecule has 0 spiro atoms. The van der Waals surface area contributed by atoms with Crippen molar-refractivity contribution >= 4 is 11.7 Å². The largest absolute Gasteiger partial charge is 0.463 e. The van der Waals surface area contributed by atoms with Gasteiger partial charge in [0.1, 0.15) is 17.1 Å². The summed E-state index contributed by atoms with van der Waals surface area (Å²) in [6.07, 6.45) is 0.220. The van der Waals surface area contributed by atoms with Crippen molar-refractivity contribution in [1.82, 2.24) is 5.32 Å². The molecule has 1 heterocycles. The zero-order valence-electron chi connectivity index (χ0n) is 15.2. The summed E-state index contributed by atoms with van der Waals surface area (Å²) in [5, 5.41) is 13.1. The smallest absolute Gasteiger partial charge is 0.220 e. The molecule has 0 saturated heterocycles. The van der Waals surface area contributed by atoms with Gasteiger partial charge in [-0.3, -0.25) is 9.59 Å². The molecule has 25 heavy (non-hydrogen) atoms. The second-order valence-corrected chi connectivity index (χ2v) is 6.70. The number of Topliss-reactive ketones (excluding diaryl/α,β-unsaturated/α-hetero) is 1. The molecule has 0 aliphatic carbocycles. The van der Waals surface area contributed by atoms with Crippen molar-refractivity contribution < 1.29 is 19.1 Å². The summed E-state index contributed by atoms with van der Waals surface area (Å²) in [5.74, 6) is 0.768. The minimum atomic E-state index is -1.29. The lowest BCUT2D eigenvalue weighted by molar-refractivity contribution is -0.122. The van der Waals surface area contributed by atoms with E-state index in [2.05, 4.69) is 5.32 Å². The van der Waals surface area contributed by atoms with Crippen molar-refractivity contribution in [3.8, 4) is 0 Å². The molecule has 1 aromatic carbocycles. The highest BCUT2D eigenvalue weighted by molar-refractivity contribution is 5.99. The fraction of sp³-hybridized carbons (Fsp3) is 0.400. The topological polar surface area (TPSA) is 79.5 Å². The molecular formula is C20H25NO4. The van der Waals surface area contributed by atoms with Gasteiger partial charge < -0.3 is 14.8 Å². The molecule has 0 saturated carbocycles. The quantitative estimate of drug-likeness (QED) is 0.757. The first-order chi connectivity index (χ1) is 11.7. The lowest BCUT2D eigenvalue weighted by Gasteiger charge is -2.21. The van der Waals surface area contributed by atoms with Gasteiger partial charge in [0.15, 0.2) is 5.78 Å². The zero-order chi connectivity index (χ0) is 18.6. The maximum atomic E-state index is 12.3. The molecule has 0 aliphatic heterocycles. The summed E-state index contributed by atoms with van der Waals surface area (Å²) in [6, 6.07) is 9.15. The number of benzene rings is 1. The molecule has 5 nitrogen and oxygen atoms in total. The molecule has 0 radical (unpaired) electrons. The van der Waals surface area contributed by atoms with Crippen molar-refractivity contribution in [1.29, 1.82) is 0 Å². The Bertz CT molecular complexity index is 774. The highest BCUT2D eigenvalue weighted by Gasteiger charge is 2.27. The average Bonchev–Trinajstić information content (AvgIpc) is 3.00. The first kappa shape index (κ1) is 18.9. The highest BCUT2D eigenvalue weighted by Crippen LogP contribution is 2.22. The number of rotatable bonds is 7. The molecule has 0 fully saturated rings. The molecule has 1 unspecified atom stereocenters. The van der Waals surface area contributed by atoms with Gasteiger partial charge in [-0.1, -0.05) is 17.7 Å². The molecule has 2 N–H and O–H groups in total. The number of aryl methyl sites for hydroxylation is 3. The SMILES string of the molecule is Cc1ccc(C)c(C(=O)CCC(=O)NCC(C)(O)c2ccc(C)o2)c1. The molecule has 2 aromatic rings. The fourth-order valence-corrected chi connectivity index (χ4v) is 2.57. The molecule has 0 bridgehead atoms. The zero-order valence-corrected chi connectivity index (χ0v) is 15.2. The molecule has 1 aromatic heterocycles. The van der Waals surface area contributed by atoms with Crippen LogP contribution in [0.1, 0.15) is 52.8 Å². The molecule has 1 amide bonds. The third-order valence-electron chi connectivity index (χ3n) is 4.17. The van der Waals surface area contributed by atoms with Gasteiger partial charge in [0, 0.05) is 18.4 Å². The van der Waals surface area contributed by atoms with Crippen molar-refractivity contribution in [3.05, 3.63) is 58.5 Å². The first-order valence-electron chi connectivity index (χ1n) is 8.35. The van der Waals surface area contributed by atoms with E-state index in [-0.39, 0.29) is 31.1 Å². The Kier molecular flexibility index (Phi) is 5.80. The maximum absolute atomic E-state index is 12.3. The van der Waals surface area contributed by atoms with Crippen LogP contribution in [-0.2, 0) is 10.4 Å². The number of ketones is 1. The Morgan fingerprint density at radius 1 is 1.12 bits per heavy atom. The summed E-state index contributed by atoms with van der Waals surface area (Å²) in [5.41, 5.74) is 1.29. The summed E-state index contributed by atoms with van der Waals surface area (Å²) in [7, 11) is 0. The third kappa shape index (κ3) is 5.03. The van der Waals surface area contributed by atoms with Crippen LogP contribution >= 0.6 is 0 Å². The number of amides is 1. The van der Waals surface area contributed by atoms with Crippen LogP contribution < -0.4 is 5.32 Å². The maximum Gasteiger partial charge on any atom is 0.220 e. The van der Waals surface area contributed by atoms with E-state index in [4.69, 9.17) is 4.42 Å². The summed E-state index contributed by atoms with van der Waals surface area (Å²) >= 11 is 0. The number of nitrogens with one attached hydrogen (secondary N) is 1. The lowest BCUT2D eigenvalue weighted by atomic mass is 9.99. The monoisotopic (exact) mass is 343 g/mol. The molecular weight excluding hydrogens is 318 g/mol. The Morgan fingerprint density at radius 3 is 2.48 bits per heavy atom. The van der Waals surface area contributed by atoms with Gasteiger partial charge in [-0.2, -0.15) is 0 Å². The van der Waals surface area contributed by atoms with Crippen molar-refractivity contribution in [2.45, 2.75) is 46.1 Å². The number of hydrogen-bond acceptors (Lipinski definition) is 4. The Hall–Kier alpha value is -2.40. The predicted molar refractivity (Wildman–Crippen MR) is 95.5 cm³/mol. The summed E-state index contributed by atoms with van der Waals surface area (Å²) in [6.45, 7) is 7.21. The van der Waals surface area contributed by atoms with Crippen LogP contribution in [-0.4, -0.2) is 23.3 Å². The van der Waals surface area contributed by atoms with Crippen LogP contribution in [0, 0.1) is 20.8 Å². The summed E-state index contributed by atoms with van der Waals surface area (Å²) < 4.78 is 5.41. The van der Waals surface area contributed by atoms with E-state index in [1.165, 1.54) is 0 Å². The third-order valence-corrected chi connectivity index (χ3v) is 4.17. The van der Waals surface area contributed by atoms with E-state index >= 15 is 0 Å². The van der Waals surface area contributed by atoms with Crippen LogP contribution in [0.5, 0.6) is 0 Å². The fourth-order valence-electron chi connectivity index (χ4n) is 2.57. The van der Waals surface area contributed by atoms with Crippen LogP contribution in [0.4, 0.5) is 0 Å². The molecule has 5 heteroatoms. The van der Waals surface area contributed by atoms with E-state index in [1.807, 2.05) is 32.0 Å². The van der Waals surface area contributed by atoms with E-state index < -0.39 is 5.60 Å². The minimum absolute atomic E-state index is 0.0243. The predicted octanol–water partition coefficient (Wildman–Crippen LogP) is 3.19. The van der Waals surface area contributed by atoms with Crippen LogP contribution in [0.15, 0.2) is 34.7 Å². The summed E-state index contributed by atoms with van der Waals surface area (Å²) in [4.78, 5) is 24.3. The van der Waals surface area contributed by atoms with Crippen LogP contribution in [0.25, 0.3) is 0 Å². The van der Waals surface area contributed by atoms with E-state index in [1.54, 1.807) is 26.0 Å². The van der Waals surface area contributed by atoms with Gasteiger partial charge in [-0.15, -0.1) is 0 Å². The lowest BCUT2D eigenvalue weighted by Crippen LogP contribution is -2.38. The van der Waals surface area contributed by atoms with Crippen molar-refractivity contribution in [2.75, 3.05) is 6.54 Å². The van der Waals surface area contributed by atoms with Gasteiger partial charge >= 0.3 is 0 Å². The van der Waals surface area contributed by atoms with E-state index in [9.17, 15) is 14.7 Å². The van der Waals surface area contributed by atoms with Crippen molar-refractivity contribution in [2.24, 2.45) is 0 Å². The Labute approximate surface area is 148 Å². The number of carbonyl (C=O) groups excluding carboxylic acids is 2. The average molecular weight is 343 g/mol. The van der Waals surface area contributed by atoms with Crippen molar-refractivity contribution in [3.63, 3.8) is 0 Å². The minimum Gasteiger partial charge on any atom is -0.463 e. The normalized spacial score (nSPS) is 13.3.